The van der Waals surface area contributed by atoms with Crippen molar-refractivity contribution in [3.63, 3.8) is 0 Å². The zero-order chi connectivity index (χ0) is 13.2. The predicted octanol–water partition coefficient (Wildman–Crippen LogP) is 2.30. The van der Waals surface area contributed by atoms with Gasteiger partial charge >= 0.3 is 0 Å². The molecule has 0 aliphatic heterocycles. The average molecular weight is 243 g/mol. The van der Waals surface area contributed by atoms with E-state index in [1.165, 1.54) is 0 Å². The molecule has 0 aliphatic rings. The van der Waals surface area contributed by atoms with Crippen LogP contribution >= 0.6 is 0 Å². The van der Waals surface area contributed by atoms with E-state index in [4.69, 9.17) is 0 Å². The highest BCUT2D eigenvalue weighted by Gasteiger charge is 2.14. The van der Waals surface area contributed by atoms with Crippen LogP contribution in [0.2, 0.25) is 0 Å². The summed E-state index contributed by atoms with van der Waals surface area (Å²) < 4.78 is 1.85. The van der Waals surface area contributed by atoms with E-state index < -0.39 is 0 Å². The largest absolute Gasteiger partial charge is 0.247 e. The molecule has 94 valence electrons. The van der Waals surface area contributed by atoms with Gasteiger partial charge in [-0.2, -0.15) is 0 Å². The molecule has 0 N–H and O–H groups in total. The average Bonchev–Trinajstić information content (AvgIpc) is 2.76. The summed E-state index contributed by atoms with van der Waals surface area (Å²) in [5, 5.41) is 8.21. The summed E-state index contributed by atoms with van der Waals surface area (Å²) in [5.74, 6) is 0. The first kappa shape index (κ1) is 12.4. The number of rotatable bonds is 2. The van der Waals surface area contributed by atoms with Crippen LogP contribution in [-0.2, 0) is 5.54 Å². The molecule has 0 unspecified atom stereocenters. The maximum absolute atomic E-state index is 4.20. The number of aromatic nitrogens is 5. The Labute approximate surface area is 107 Å². The smallest absolute Gasteiger partial charge is 0.116 e. The number of aryl methyl sites for hydroxylation is 1. The van der Waals surface area contributed by atoms with Gasteiger partial charge in [0.1, 0.15) is 12.0 Å². The summed E-state index contributed by atoms with van der Waals surface area (Å²) in [6.07, 6.45) is 9.09. The molecular formula is C13H17N5. The molecule has 5 heteroatoms. The van der Waals surface area contributed by atoms with Crippen LogP contribution in [0.5, 0.6) is 0 Å². The highest BCUT2D eigenvalue weighted by molar-refractivity contribution is 5.66. The Kier molecular flexibility index (Phi) is 3.23. The summed E-state index contributed by atoms with van der Waals surface area (Å²) in [6.45, 7) is 8.24. The zero-order valence-electron chi connectivity index (χ0n) is 11.1. The number of hydrogen-bond acceptors (Lipinski definition) is 4. The predicted molar refractivity (Wildman–Crippen MR) is 70.7 cm³/mol. The fourth-order valence-electron chi connectivity index (χ4n) is 1.43. The van der Waals surface area contributed by atoms with Gasteiger partial charge in [-0.3, -0.25) is 0 Å². The summed E-state index contributed by atoms with van der Waals surface area (Å²) >= 11 is 0. The van der Waals surface area contributed by atoms with E-state index in [0.29, 0.717) is 0 Å². The van der Waals surface area contributed by atoms with E-state index in [1.54, 1.807) is 12.5 Å². The Hall–Kier alpha value is -2.04. The Balaban J connectivity index is 2.20. The first-order valence-electron chi connectivity index (χ1n) is 5.84. The second-order valence-electron chi connectivity index (χ2n) is 5.18. The summed E-state index contributed by atoms with van der Waals surface area (Å²) in [5.41, 5.74) is 2.71. The van der Waals surface area contributed by atoms with Crippen molar-refractivity contribution in [1.82, 2.24) is 25.0 Å². The normalized spacial score (nSPS) is 12.2. The van der Waals surface area contributed by atoms with Gasteiger partial charge < -0.3 is 0 Å². The Morgan fingerprint density at radius 3 is 2.61 bits per heavy atom. The molecule has 18 heavy (non-hydrogen) atoms. The second-order valence-corrected chi connectivity index (χ2v) is 5.18. The van der Waals surface area contributed by atoms with Gasteiger partial charge in [0.2, 0.25) is 0 Å². The molecule has 0 aromatic carbocycles. The van der Waals surface area contributed by atoms with E-state index in [0.717, 1.165) is 17.0 Å². The van der Waals surface area contributed by atoms with Crippen LogP contribution in [0, 0.1) is 6.92 Å². The van der Waals surface area contributed by atoms with Gasteiger partial charge in [0.25, 0.3) is 0 Å². The van der Waals surface area contributed by atoms with Crippen molar-refractivity contribution in [1.29, 1.82) is 0 Å². The standard InChI is InChI=1S/C13H17N5/c1-10-7-14-9-15-12(10)6-5-11-8-18(17-16-11)13(2,3)4/h5-9H,1-4H3/b6-5+. The van der Waals surface area contributed by atoms with Crippen molar-refractivity contribution in [2.24, 2.45) is 0 Å². The van der Waals surface area contributed by atoms with Gasteiger partial charge in [-0.15, -0.1) is 5.10 Å². The lowest BCUT2D eigenvalue weighted by Crippen LogP contribution is -2.22. The fourth-order valence-corrected chi connectivity index (χ4v) is 1.43. The first-order chi connectivity index (χ1) is 8.47. The van der Waals surface area contributed by atoms with Crippen LogP contribution in [0.15, 0.2) is 18.7 Å². The van der Waals surface area contributed by atoms with Crippen LogP contribution in [0.25, 0.3) is 12.2 Å². The molecule has 2 aromatic heterocycles. The molecule has 0 saturated carbocycles. The lowest BCUT2D eigenvalue weighted by molar-refractivity contribution is 0.347. The van der Waals surface area contributed by atoms with E-state index in [9.17, 15) is 0 Å². The van der Waals surface area contributed by atoms with Gasteiger partial charge in [0.15, 0.2) is 0 Å². The Morgan fingerprint density at radius 2 is 2.00 bits per heavy atom. The van der Waals surface area contributed by atoms with Crippen molar-refractivity contribution >= 4 is 12.2 Å². The molecule has 0 atom stereocenters. The maximum Gasteiger partial charge on any atom is 0.116 e. The quantitative estimate of drug-likeness (QED) is 0.812. The third kappa shape index (κ3) is 2.80. The van der Waals surface area contributed by atoms with Crippen LogP contribution in [0.1, 0.15) is 37.7 Å². The van der Waals surface area contributed by atoms with E-state index >= 15 is 0 Å². The van der Waals surface area contributed by atoms with Crippen LogP contribution < -0.4 is 0 Å². The molecular weight excluding hydrogens is 226 g/mol. The van der Waals surface area contributed by atoms with Crippen LogP contribution in [-0.4, -0.2) is 25.0 Å². The number of hydrogen-bond donors (Lipinski definition) is 0. The molecule has 0 radical (unpaired) electrons. The lowest BCUT2D eigenvalue weighted by atomic mass is 10.1. The van der Waals surface area contributed by atoms with Gasteiger partial charge in [-0.05, 0) is 45.4 Å². The van der Waals surface area contributed by atoms with Crippen molar-refractivity contribution in [3.05, 3.63) is 35.7 Å². The summed E-state index contributed by atoms with van der Waals surface area (Å²) in [7, 11) is 0. The fraction of sp³-hybridized carbons (Fsp3) is 0.385. The molecule has 0 saturated heterocycles. The molecule has 2 heterocycles. The minimum atomic E-state index is -0.0517. The SMILES string of the molecule is Cc1cncnc1/C=C/c1cn(C(C)(C)C)nn1. The second kappa shape index (κ2) is 4.68. The topological polar surface area (TPSA) is 56.5 Å². The van der Waals surface area contributed by atoms with E-state index in [1.807, 2.05) is 30.0 Å². The molecule has 0 amide bonds. The van der Waals surface area contributed by atoms with Crippen LogP contribution in [0.3, 0.4) is 0 Å². The molecule has 5 nitrogen and oxygen atoms in total. The third-order valence-electron chi connectivity index (χ3n) is 2.55. The highest BCUT2D eigenvalue weighted by atomic mass is 15.4. The number of nitrogens with zero attached hydrogens (tertiary/aromatic N) is 5. The minimum absolute atomic E-state index is 0.0517. The molecule has 2 aromatic rings. The molecule has 0 bridgehead atoms. The minimum Gasteiger partial charge on any atom is -0.247 e. The molecule has 2 rings (SSSR count). The lowest BCUT2D eigenvalue weighted by Gasteiger charge is -2.17. The van der Waals surface area contributed by atoms with Crippen LogP contribution in [0.4, 0.5) is 0 Å². The van der Waals surface area contributed by atoms with Gasteiger partial charge in [-0.1, -0.05) is 5.21 Å². The van der Waals surface area contributed by atoms with Gasteiger partial charge in [0, 0.05) is 6.20 Å². The van der Waals surface area contributed by atoms with Gasteiger partial charge in [0.05, 0.1) is 17.4 Å². The molecule has 0 fully saturated rings. The Bertz CT molecular complexity index is 563. The monoisotopic (exact) mass is 243 g/mol. The van der Waals surface area contributed by atoms with Gasteiger partial charge in [-0.25, -0.2) is 14.6 Å². The first-order valence-corrected chi connectivity index (χ1v) is 5.84. The van der Waals surface area contributed by atoms with Crippen molar-refractivity contribution < 1.29 is 0 Å². The molecule has 0 spiro atoms. The Morgan fingerprint density at radius 1 is 1.22 bits per heavy atom. The third-order valence-corrected chi connectivity index (χ3v) is 2.55. The zero-order valence-corrected chi connectivity index (χ0v) is 11.1. The van der Waals surface area contributed by atoms with Crippen molar-refractivity contribution in [2.45, 2.75) is 33.2 Å². The van der Waals surface area contributed by atoms with E-state index in [2.05, 4.69) is 41.1 Å². The highest BCUT2D eigenvalue weighted by Crippen LogP contribution is 2.13. The van der Waals surface area contributed by atoms with E-state index in [-0.39, 0.29) is 5.54 Å². The van der Waals surface area contributed by atoms with Crippen molar-refractivity contribution in [2.75, 3.05) is 0 Å². The van der Waals surface area contributed by atoms with Crippen molar-refractivity contribution in [3.8, 4) is 0 Å². The maximum atomic E-state index is 4.20. The molecule has 0 aliphatic carbocycles. The summed E-state index contributed by atoms with van der Waals surface area (Å²) in [4.78, 5) is 8.16. The summed E-state index contributed by atoms with van der Waals surface area (Å²) in [6, 6.07) is 0.